The van der Waals surface area contributed by atoms with E-state index >= 15 is 0 Å². The van der Waals surface area contributed by atoms with Gasteiger partial charge in [-0.25, -0.2) is 0 Å². The van der Waals surface area contributed by atoms with Crippen molar-refractivity contribution in [3.05, 3.63) is 47.0 Å². The fourth-order valence-corrected chi connectivity index (χ4v) is 2.79. The highest BCUT2D eigenvalue weighted by Gasteiger charge is 2.14. The number of carbonyl (C=O) groups excluding carboxylic acids is 2. The number of methoxy groups -OCH3 is 1. The van der Waals surface area contributed by atoms with Crippen LogP contribution >= 0.6 is 24.0 Å². The number of anilines is 2. The highest BCUT2D eigenvalue weighted by Crippen LogP contribution is 2.28. The summed E-state index contributed by atoms with van der Waals surface area (Å²) in [5.41, 5.74) is 7.17. The van der Waals surface area contributed by atoms with E-state index in [4.69, 9.17) is 27.2 Å². The molecule has 0 heterocycles. The van der Waals surface area contributed by atoms with Gasteiger partial charge in [0.2, 0.25) is 5.91 Å². The number of aromatic hydroxyl groups is 1. The zero-order chi connectivity index (χ0) is 23.4. The molecule has 0 spiro atoms. The number of carbonyl (C=O) groups is 2. The topological polar surface area (TPSA) is 117 Å². The van der Waals surface area contributed by atoms with Gasteiger partial charge in [-0.15, -0.1) is 12.4 Å². The van der Waals surface area contributed by atoms with E-state index in [9.17, 15) is 9.59 Å². The maximum atomic E-state index is 12.1. The number of halogens is 2. The summed E-state index contributed by atoms with van der Waals surface area (Å²) in [7, 11) is 1.50. The standard InChI is InChI=1S/C14H22ClN3O2.C8H9NO2.ClH/c1-4-18(5-2)7-6-17-14(19)10-8-11(15)12(16)9-13(10)20-3;1-6(10)9-7-2-4-8(11)5-3-7;/h8-9H,4-7,16H2,1-3H3,(H,17,19);2-5,11H,1H3,(H,9,10);1H. The Hall–Kier alpha value is -2.68. The van der Waals surface area contributed by atoms with Gasteiger partial charge in [0.05, 0.1) is 23.4 Å². The molecule has 0 aliphatic rings. The summed E-state index contributed by atoms with van der Waals surface area (Å²) in [5.74, 6) is 0.290. The minimum absolute atomic E-state index is 0. The molecule has 0 bridgehead atoms. The maximum Gasteiger partial charge on any atom is 0.255 e. The number of benzene rings is 2. The Morgan fingerprint density at radius 1 is 1.16 bits per heavy atom. The summed E-state index contributed by atoms with van der Waals surface area (Å²) in [5, 5.41) is 14.7. The summed E-state index contributed by atoms with van der Waals surface area (Å²) in [6.07, 6.45) is 0. The third-order valence-electron chi connectivity index (χ3n) is 4.36. The van der Waals surface area contributed by atoms with E-state index in [0.29, 0.717) is 34.3 Å². The Morgan fingerprint density at radius 2 is 1.75 bits per heavy atom. The fourth-order valence-electron chi connectivity index (χ4n) is 2.63. The lowest BCUT2D eigenvalue weighted by molar-refractivity contribution is -0.114. The Labute approximate surface area is 200 Å². The average molecular weight is 487 g/mol. The number of phenolic OH excluding ortho intramolecular Hbond substituents is 1. The Bertz CT molecular complexity index is 860. The van der Waals surface area contributed by atoms with E-state index in [1.165, 1.54) is 32.2 Å². The molecule has 10 heteroatoms. The first-order valence-corrected chi connectivity index (χ1v) is 10.3. The second-order valence-corrected chi connectivity index (χ2v) is 6.99. The predicted octanol–water partition coefficient (Wildman–Crippen LogP) is 3.77. The molecule has 0 fully saturated rings. The normalized spacial score (nSPS) is 9.81. The van der Waals surface area contributed by atoms with E-state index in [1.54, 1.807) is 18.2 Å². The molecule has 0 saturated heterocycles. The molecule has 32 heavy (non-hydrogen) atoms. The van der Waals surface area contributed by atoms with Crippen molar-refractivity contribution in [2.75, 3.05) is 44.3 Å². The van der Waals surface area contributed by atoms with E-state index < -0.39 is 0 Å². The quantitative estimate of drug-likeness (QED) is 0.333. The molecule has 178 valence electrons. The zero-order valence-corrected chi connectivity index (χ0v) is 20.3. The summed E-state index contributed by atoms with van der Waals surface area (Å²) in [6, 6.07) is 9.40. The van der Waals surface area contributed by atoms with Gasteiger partial charge < -0.3 is 31.1 Å². The second-order valence-electron chi connectivity index (χ2n) is 6.58. The average Bonchev–Trinajstić information content (AvgIpc) is 2.74. The molecule has 0 unspecified atom stereocenters. The van der Waals surface area contributed by atoms with Gasteiger partial charge in [0.25, 0.3) is 5.91 Å². The van der Waals surface area contributed by atoms with Crippen LogP contribution in [0.4, 0.5) is 11.4 Å². The van der Waals surface area contributed by atoms with Crippen LogP contribution in [-0.2, 0) is 4.79 Å². The number of amides is 2. The number of nitrogens with two attached hydrogens (primary N) is 1. The molecule has 0 aliphatic carbocycles. The van der Waals surface area contributed by atoms with Crippen molar-refractivity contribution in [2.24, 2.45) is 0 Å². The first kappa shape index (κ1) is 29.3. The third kappa shape index (κ3) is 10.1. The number of hydrogen-bond acceptors (Lipinski definition) is 6. The summed E-state index contributed by atoms with van der Waals surface area (Å²) < 4.78 is 5.16. The van der Waals surface area contributed by atoms with Crippen LogP contribution in [0, 0.1) is 0 Å². The zero-order valence-electron chi connectivity index (χ0n) is 18.8. The van der Waals surface area contributed by atoms with Crippen LogP contribution in [0.3, 0.4) is 0 Å². The van der Waals surface area contributed by atoms with Crippen molar-refractivity contribution >= 4 is 47.2 Å². The van der Waals surface area contributed by atoms with Crippen LogP contribution in [0.5, 0.6) is 11.5 Å². The van der Waals surface area contributed by atoms with Gasteiger partial charge in [-0.3, -0.25) is 9.59 Å². The lowest BCUT2D eigenvalue weighted by Crippen LogP contribution is -2.34. The number of phenols is 1. The van der Waals surface area contributed by atoms with E-state index in [1.807, 2.05) is 0 Å². The van der Waals surface area contributed by atoms with Crippen LogP contribution < -0.4 is 21.1 Å². The van der Waals surface area contributed by atoms with Gasteiger partial charge in [-0.1, -0.05) is 25.4 Å². The van der Waals surface area contributed by atoms with Crippen molar-refractivity contribution < 1.29 is 19.4 Å². The summed E-state index contributed by atoms with van der Waals surface area (Å²) in [4.78, 5) is 24.9. The number of likely N-dealkylation sites (N-methyl/N-ethyl adjacent to an activating group) is 1. The van der Waals surface area contributed by atoms with Crippen molar-refractivity contribution in [1.82, 2.24) is 10.2 Å². The molecular weight excluding hydrogens is 455 g/mol. The lowest BCUT2D eigenvalue weighted by Gasteiger charge is -2.18. The van der Waals surface area contributed by atoms with Gasteiger partial charge in [-0.2, -0.15) is 0 Å². The number of nitrogens with zero attached hydrogens (tertiary/aromatic N) is 1. The van der Waals surface area contributed by atoms with E-state index in [2.05, 4.69) is 29.4 Å². The fraction of sp³-hybridized carbons (Fsp3) is 0.364. The van der Waals surface area contributed by atoms with Gasteiger partial charge in [0, 0.05) is 31.8 Å². The van der Waals surface area contributed by atoms with Gasteiger partial charge in [0.15, 0.2) is 0 Å². The van der Waals surface area contributed by atoms with Crippen LogP contribution in [0.1, 0.15) is 31.1 Å². The van der Waals surface area contributed by atoms with Crippen molar-refractivity contribution in [3.8, 4) is 11.5 Å². The Morgan fingerprint density at radius 3 is 2.25 bits per heavy atom. The number of nitrogen functional groups attached to an aromatic ring is 1. The molecule has 0 aromatic heterocycles. The minimum Gasteiger partial charge on any atom is -0.508 e. The molecule has 2 aromatic rings. The molecule has 0 aliphatic heterocycles. The predicted molar refractivity (Wildman–Crippen MR) is 132 cm³/mol. The van der Waals surface area contributed by atoms with Crippen molar-refractivity contribution in [2.45, 2.75) is 20.8 Å². The second kappa shape index (κ2) is 15.2. The highest BCUT2D eigenvalue weighted by atomic mass is 35.5. The first-order chi connectivity index (χ1) is 14.7. The minimum atomic E-state index is -0.212. The van der Waals surface area contributed by atoms with E-state index in [0.717, 1.165) is 19.6 Å². The lowest BCUT2D eigenvalue weighted by atomic mass is 10.1. The Kier molecular flexibility index (Phi) is 13.9. The van der Waals surface area contributed by atoms with Crippen molar-refractivity contribution in [3.63, 3.8) is 0 Å². The van der Waals surface area contributed by atoms with Gasteiger partial charge in [0.1, 0.15) is 11.5 Å². The molecule has 0 atom stereocenters. The van der Waals surface area contributed by atoms with Crippen LogP contribution in [0.25, 0.3) is 0 Å². The third-order valence-corrected chi connectivity index (χ3v) is 4.69. The Balaban J connectivity index is 0.000000679. The highest BCUT2D eigenvalue weighted by molar-refractivity contribution is 6.33. The molecule has 8 nitrogen and oxygen atoms in total. The molecule has 2 aromatic carbocycles. The molecular formula is C22H32Cl2N4O4. The van der Waals surface area contributed by atoms with Gasteiger partial charge >= 0.3 is 0 Å². The first-order valence-electron chi connectivity index (χ1n) is 9.91. The maximum absolute atomic E-state index is 12.1. The molecule has 5 N–H and O–H groups in total. The number of rotatable bonds is 8. The molecule has 2 amide bonds. The molecule has 2 rings (SSSR count). The summed E-state index contributed by atoms with van der Waals surface area (Å²) >= 11 is 5.95. The number of nitrogens with one attached hydrogen (secondary N) is 2. The summed E-state index contributed by atoms with van der Waals surface area (Å²) in [6.45, 7) is 8.93. The monoisotopic (exact) mass is 486 g/mol. The van der Waals surface area contributed by atoms with Crippen molar-refractivity contribution in [1.29, 1.82) is 0 Å². The smallest absolute Gasteiger partial charge is 0.255 e. The number of ether oxygens (including phenoxy) is 1. The molecule has 0 radical (unpaired) electrons. The van der Waals surface area contributed by atoms with Crippen LogP contribution in [0.2, 0.25) is 5.02 Å². The van der Waals surface area contributed by atoms with Gasteiger partial charge in [-0.05, 0) is 43.4 Å². The van der Waals surface area contributed by atoms with E-state index in [-0.39, 0.29) is 30.0 Å². The number of hydrogen-bond donors (Lipinski definition) is 4. The van der Waals surface area contributed by atoms with Crippen LogP contribution in [0.15, 0.2) is 36.4 Å². The van der Waals surface area contributed by atoms with Crippen LogP contribution in [-0.4, -0.2) is 55.1 Å². The SMILES string of the molecule is CC(=O)Nc1ccc(O)cc1.CCN(CC)CCNC(=O)c1cc(Cl)c(N)cc1OC.Cl. The molecule has 0 saturated carbocycles. The largest absolute Gasteiger partial charge is 0.508 e.